The molecule has 0 radical (unpaired) electrons. The second kappa shape index (κ2) is 7.59. The minimum absolute atomic E-state index is 0.0464. The van der Waals surface area contributed by atoms with E-state index in [0.29, 0.717) is 44.8 Å². The molecule has 1 spiro atoms. The quantitative estimate of drug-likeness (QED) is 0.857. The molecule has 3 heterocycles. The summed E-state index contributed by atoms with van der Waals surface area (Å²) in [5, 5.41) is 2.58. The highest BCUT2D eigenvalue weighted by atomic mass is 16.7. The summed E-state index contributed by atoms with van der Waals surface area (Å²) in [6.45, 7) is 5.71. The van der Waals surface area contributed by atoms with Gasteiger partial charge in [0.15, 0.2) is 5.79 Å². The molecule has 1 N–H and O–H groups in total. The monoisotopic (exact) mass is 363 g/mol. The first kappa shape index (κ1) is 18.6. The third-order valence-electron chi connectivity index (χ3n) is 4.97. The standard InChI is InChI=1S/C18H25N3O5/c1-3-15(22)19-14-5-4-13(2)21(17(14)24)12-16(23)20-8-6-18(7-9-20)25-10-11-26-18/h4-5H,3,6-12H2,1-2H3,(H,19,22). The number of aryl methyl sites for hydroxylation is 1. The van der Waals surface area contributed by atoms with Crippen LogP contribution >= 0.6 is 0 Å². The molecule has 0 atom stereocenters. The predicted molar refractivity (Wildman–Crippen MR) is 94.8 cm³/mol. The van der Waals surface area contributed by atoms with E-state index in [2.05, 4.69) is 5.32 Å². The van der Waals surface area contributed by atoms with Crippen molar-refractivity contribution in [1.29, 1.82) is 0 Å². The molecule has 2 aliphatic heterocycles. The molecule has 1 aromatic rings. The Morgan fingerprint density at radius 2 is 1.85 bits per heavy atom. The Hall–Kier alpha value is -2.19. The largest absolute Gasteiger partial charge is 0.347 e. The topological polar surface area (TPSA) is 89.9 Å². The van der Waals surface area contributed by atoms with Crippen molar-refractivity contribution >= 4 is 17.5 Å². The molecule has 2 fully saturated rings. The van der Waals surface area contributed by atoms with Gasteiger partial charge in [0.2, 0.25) is 11.8 Å². The number of hydrogen-bond acceptors (Lipinski definition) is 5. The number of piperidine rings is 1. The zero-order valence-electron chi connectivity index (χ0n) is 15.2. The molecule has 26 heavy (non-hydrogen) atoms. The van der Waals surface area contributed by atoms with Crippen LogP contribution < -0.4 is 10.9 Å². The minimum atomic E-state index is -0.534. The minimum Gasteiger partial charge on any atom is -0.347 e. The third kappa shape index (κ3) is 3.81. The number of nitrogens with zero attached hydrogens (tertiary/aromatic N) is 2. The van der Waals surface area contributed by atoms with E-state index in [0.717, 1.165) is 0 Å². The Morgan fingerprint density at radius 3 is 2.46 bits per heavy atom. The number of nitrogens with one attached hydrogen (secondary N) is 1. The van der Waals surface area contributed by atoms with Gasteiger partial charge in [-0.05, 0) is 19.1 Å². The fourth-order valence-corrected chi connectivity index (χ4v) is 3.32. The summed E-state index contributed by atoms with van der Waals surface area (Å²) in [5.41, 5.74) is 0.505. The molecule has 2 aliphatic rings. The highest BCUT2D eigenvalue weighted by molar-refractivity contribution is 5.90. The van der Waals surface area contributed by atoms with Gasteiger partial charge in [0.1, 0.15) is 12.2 Å². The number of carbonyl (C=O) groups excluding carboxylic acids is 2. The van der Waals surface area contributed by atoms with Crippen molar-refractivity contribution in [2.75, 3.05) is 31.6 Å². The highest BCUT2D eigenvalue weighted by Crippen LogP contribution is 2.31. The number of likely N-dealkylation sites (tertiary alicyclic amines) is 1. The number of aromatic nitrogens is 1. The van der Waals surface area contributed by atoms with E-state index in [1.54, 1.807) is 30.9 Å². The zero-order chi connectivity index (χ0) is 18.7. The highest BCUT2D eigenvalue weighted by Gasteiger charge is 2.40. The number of carbonyl (C=O) groups is 2. The zero-order valence-corrected chi connectivity index (χ0v) is 15.2. The summed E-state index contributed by atoms with van der Waals surface area (Å²) in [5.74, 6) is -0.891. The Labute approximate surface area is 152 Å². The number of anilines is 1. The van der Waals surface area contributed by atoms with Crippen LogP contribution in [0.3, 0.4) is 0 Å². The van der Waals surface area contributed by atoms with Crippen molar-refractivity contribution in [1.82, 2.24) is 9.47 Å². The molecule has 1 aromatic heterocycles. The van der Waals surface area contributed by atoms with Crippen LogP contribution in [-0.2, 0) is 25.6 Å². The first-order valence-electron chi connectivity index (χ1n) is 9.00. The van der Waals surface area contributed by atoms with Gasteiger partial charge in [0.05, 0.1) is 13.2 Å². The SMILES string of the molecule is CCC(=O)Nc1ccc(C)n(CC(=O)N2CCC3(CC2)OCCO3)c1=O. The van der Waals surface area contributed by atoms with Crippen molar-refractivity contribution < 1.29 is 19.1 Å². The average molecular weight is 363 g/mol. The van der Waals surface area contributed by atoms with E-state index < -0.39 is 5.79 Å². The lowest BCUT2D eigenvalue weighted by atomic mass is 10.0. The normalized spacial score (nSPS) is 18.9. The molecule has 0 unspecified atom stereocenters. The molecule has 0 aliphatic carbocycles. The molecule has 8 nitrogen and oxygen atoms in total. The lowest BCUT2D eigenvalue weighted by Crippen LogP contribution is -2.48. The smallest absolute Gasteiger partial charge is 0.274 e. The van der Waals surface area contributed by atoms with Crippen LogP contribution in [0.2, 0.25) is 0 Å². The van der Waals surface area contributed by atoms with Crippen LogP contribution in [0.15, 0.2) is 16.9 Å². The van der Waals surface area contributed by atoms with Crippen molar-refractivity contribution in [3.05, 3.63) is 28.2 Å². The number of rotatable bonds is 4. The van der Waals surface area contributed by atoms with E-state index in [9.17, 15) is 14.4 Å². The predicted octanol–water partition coefficient (Wildman–Crippen LogP) is 0.871. The van der Waals surface area contributed by atoms with Gasteiger partial charge in [-0.3, -0.25) is 14.4 Å². The lowest BCUT2D eigenvalue weighted by Gasteiger charge is -2.37. The fourth-order valence-electron chi connectivity index (χ4n) is 3.32. The maximum Gasteiger partial charge on any atom is 0.274 e. The van der Waals surface area contributed by atoms with Crippen molar-refractivity contribution in [2.24, 2.45) is 0 Å². The Morgan fingerprint density at radius 1 is 1.19 bits per heavy atom. The number of pyridine rings is 1. The molecule has 142 valence electrons. The van der Waals surface area contributed by atoms with Gasteiger partial charge in [0.25, 0.3) is 5.56 Å². The second-order valence-corrected chi connectivity index (χ2v) is 6.67. The molecule has 0 aromatic carbocycles. The molecule has 2 amide bonds. The lowest BCUT2D eigenvalue weighted by molar-refractivity contribution is -0.187. The summed E-state index contributed by atoms with van der Waals surface area (Å²) in [4.78, 5) is 38.6. The van der Waals surface area contributed by atoms with Gasteiger partial charge in [-0.1, -0.05) is 6.92 Å². The van der Waals surface area contributed by atoms with Gasteiger partial charge in [-0.25, -0.2) is 0 Å². The summed E-state index contributed by atoms with van der Waals surface area (Å²) in [6.07, 6.45) is 1.56. The molecule has 0 saturated carbocycles. The summed E-state index contributed by atoms with van der Waals surface area (Å²) in [7, 11) is 0. The average Bonchev–Trinajstić information content (AvgIpc) is 3.09. The van der Waals surface area contributed by atoms with Crippen LogP contribution in [0.1, 0.15) is 31.9 Å². The van der Waals surface area contributed by atoms with Gasteiger partial charge in [-0.2, -0.15) is 0 Å². The number of ether oxygens (including phenoxy) is 2. The number of hydrogen-bond donors (Lipinski definition) is 1. The second-order valence-electron chi connectivity index (χ2n) is 6.67. The van der Waals surface area contributed by atoms with E-state index >= 15 is 0 Å². The van der Waals surface area contributed by atoms with Crippen LogP contribution in [-0.4, -0.2) is 53.4 Å². The van der Waals surface area contributed by atoms with Crippen LogP contribution in [0.4, 0.5) is 5.69 Å². The van der Waals surface area contributed by atoms with Crippen molar-refractivity contribution in [2.45, 2.75) is 45.4 Å². The summed E-state index contributed by atoms with van der Waals surface area (Å²) < 4.78 is 12.8. The van der Waals surface area contributed by atoms with E-state index in [1.807, 2.05) is 0 Å². The van der Waals surface area contributed by atoms with Gasteiger partial charge in [0, 0.05) is 38.0 Å². The first-order valence-corrected chi connectivity index (χ1v) is 9.00. The maximum atomic E-state index is 12.7. The van der Waals surface area contributed by atoms with Crippen molar-refractivity contribution in [3.8, 4) is 0 Å². The molecule has 2 saturated heterocycles. The molecular formula is C18H25N3O5. The molecular weight excluding hydrogens is 338 g/mol. The van der Waals surface area contributed by atoms with Gasteiger partial charge >= 0.3 is 0 Å². The molecule has 8 heteroatoms. The van der Waals surface area contributed by atoms with Crippen LogP contribution in [0.5, 0.6) is 0 Å². The van der Waals surface area contributed by atoms with Crippen molar-refractivity contribution in [3.63, 3.8) is 0 Å². The fraction of sp³-hybridized carbons (Fsp3) is 0.611. The van der Waals surface area contributed by atoms with Crippen LogP contribution in [0.25, 0.3) is 0 Å². The molecule has 0 bridgehead atoms. The van der Waals surface area contributed by atoms with Gasteiger partial charge < -0.3 is 24.3 Å². The maximum absolute atomic E-state index is 12.7. The summed E-state index contributed by atoms with van der Waals surface area (Å²) in [6, 6.07) is 3.30. The van der Waals surface area contributed by atoms with E-state index in [4.69, 9.17) is 9.47 Å². The third-order valence-corrected chi connectivity index (χ3v) is 4.97. The number of amides is 2. The first-order chi connectivity index (χ1) is 12.4. The Bertz CT molecular complexity index is 742. The summed E-state index contributed by atoms with van der Waals surface area (Å²) >= 11 is 0. The van der Waals surface area contributed by atoms with Gasteiger partial charge in [-0.15, -0.1) is 0 Å². The molecule has 3 rings (SSSR count). The Kier molecular flexibility index (Phi) is 5.43. The van der Waals surface area contributed by atoms with Crippen LogP contribution in [0, 0.1) is 6.92 Å². The van der Waals surface area contributed by atoms with E-state index in [-0.39, 0.29) is 36.0 Å². The Balaban J connectivity index is 1.68. The van der Waals surface area contributed by atoms with E-state index in [1.165, 1.54) is 4.57 Å².